The van der Waals surface area contributed by atoms with Gasteiger partial charge in [-0.05, 0) is 35.4 Å². The van der Waals surface area contributed by atoms with Crippen LogP contribution in [-0.2, 0) is 14.4 Å². The highest BCUT2D eigenvalue weighted by Gasteiger charge is 2.74. The predicted molar refractivity (Wildman–Crippen MR) is 165 cm³/mol. The van der Waals surface area contributed by atoms with Crippen molar-refractivity contribution in [3.63, 3.8) is 0 Å². The second-order valence-electron chi connectivity index (χ2n) is 11.9. The maximum Gasteiger partial charge on any atom is 0.251 e. The van der Waals surface area contributed by atoms with E-state index in [1.807, 2.05) is 97.9 Å². The van der Waals surface area contributed by atoms with Crippen LogP contribution in [0.1, 0.15) is 18.5 Å². The van der Waals surface area contributed by atoms with Gasteiger partial charge in [0.25, 0.3) is 5.91 Å². The summed E-state index contributed by atoms with van der Waals surface area (Å²) >= 11 is 1.55. The van der Waals surface area contributed by atoms with Gasteiger partial charge in [-0.15, -0.1) is 11.8 Å². The zero-order valence-corrected chi connectivity index (χ0v) is 24.4. The van der Waals surface area contributed by atoms with E-state index in [4.69, 9.17) is 0 Å². The summed E-state index contributed by atoms with van der Waals surface area (Å²) in [6.45, 7) is 2.48. The average Bonchev–Trinajstić information content (AvgIpc) is 3.28. The van der Waals surface area contributed by atoms with E-state index in [2.05, 4.69) is 6.08 Å². The zero-order chi connectivity index (χ0) is 29.2. The zero-order valence-electron chi connectivity index (χ0n) is 23.6. The number of anilines is 1. The Kier molecular flexibility index (Phi) is 6.33. The molecule has 42 heavy (non-hydrogen) atoms. The van der Waals surface area contributed by atoms with E-state index in [1.165, 1.54) is 0 Å². The molecule has 214 valence electrons. The highest BCUT2D eigenvalue weighted by atomic mass is 32.2. The molecule has 0 saturated carbocycles. The number of carbonyl (C=O) groups excluding carboxylic acids is 3. The Morgan fingerprint density at radius 1 is 0.857 bits per heavy atom. The number of likely N-dealkylation sites (N-methyl/N-ethyl adjacent to an activating group) is 1. The van der Waals surface area contributed by atoms with Crippen LogP contribution >= 0.6 is 11.8 Å². The summed E-state index contributed by atoms with van der Waals surface area (Å²) in [7, 11) is 1.76. The molecule has 8 heteroatoms. The molecule has 0 aromatic heterocycles. The highest BCUT2D eigenvalue weighted by molar-refractivity contribution is 8.02. The SMILES string of the molecule is CN1CC=C[C@]2(C)S[C@]34C=CCN(c5ccc6ccccc6c5)C(=O)C3N([C@H](CO)c3ccccc3)C(=O)[C@@H]4[C@@H]2C1=O. The number of hydrogen-bond acceptors (Lipinski definition) is 5. The van der Waals surface area contributed by atoms with E-state index in [0.717, 1.165) is 22.0 Å². The van der Waals surface area contributed by atoms with Gasteiger partial charge >= 0.3 is 0 Å². The number of fused-ring (bicyclic) bond motifs is 3. The van der Waals surface area contributed by atoms with Gasteiger partial charge in [-0.3, -0.25) is 14.4 Å². The lowest BCUT2D eigenvalue weighted by molar-refractivity contribution is -0.145. The Morgan fingerprint density at radius 3 is 2.33 bits per heavy atom. The number of rotatable bonds is 4. The summed E-state index contributed by atoms with van der Waals surface area (Å²) in [6.07, 6.45) is 8.04. The summed E-state index contributed by atoms with van der Waals surface area (Å²) < 4.78 is -1.66. The van der Waals surface area contributed by atoms with Crippen LogP contribution in [0.15, 0.2) is 97.1 Å². The lowest BCUT2D eigenvalue weighted by Crippen LogP contribution is -2.54. The van der Waals surface area contributed by atoms with Gasteiger partial charge < -0.3 is 19.8 Å². The quantitative estimate of drug-likeness (QED) is 0.469. The van der Waals surface area contributed by atoms with E-state index in [-0.39, 0.29) is 24.3 Å². The molecule has 2 fully saturated rings. The van der Waals surface area contributed by atoms with E-state index < -0.39 is 33.4 Å². The van der Waals surface area contributed by atoms with Gasteiger partial charge in [0.15, 0.2) is 0 Å². The summed E-state index contributed by atoms with van der Waals surface area (Å²) in [5.74, 6) is -1.98. The fraction of sp³-hybridized carbons (Fsp3) is 0.324. The van der Waals surface area contributed by atoms with Crippen LogP contribution in [0.2, 0.25) is 0 Å². The largest absolute Gasteiger partial charge is 0.394 e. The second-order valence-corrected chi connectivity index (χ2v) is 13.6. The molecule has 6 atom stereocenters. The van der Waals surface area contributed by atoms with Crippen LogP contribution in [0.4, 0.5) is 5.69 Å². The Balaban J connectivity index is 1.41. The summed E-state index contributed by atoms with van der Waals surface area (Å²) in [5, 5.41) is 12.9. The first-order chi connectivity index (χ1) is 20.3. The van der Waals surface area contributed by atoms with Crippen LogP contribution in [-0.4, -0.2) is 74.9 Å². The van der Waals surface area contributed by atoms with Crippen molar-refractivity contribution in [3.05, 3.63) is 103 Å². The Bertz CT molecular complexity index is 1660. The molecule has 3 aromatic rings. The van der Waals surface area contributed by atoms with Crippen molar-refractivity contribution in [2.45, 2.75) is 28.5 Å². The minimum atomic E-state index is -0.987. The van der Waals surface area contributed by atoms with E-state index in [9.17, 15) is 19.5 Å². The summed E-state index contributed by atoms with van der Waals surface area (Å²) in [5.41, 5.74) is 1.49. The molecule has 4 aliphatic heterocycles. The van der Waals surface area contributed by atoms with Gasteiger partial charge in [-0.25, -0.2) is 0 Å². The van der Waals surface area contributed by atoms with Gasteiger partial charge in [0.05, 0.1) is 29.2 Å². The van der Waals surface area contributed by atoms with Crippen molar-refractivity contribution < 1.29 is 19.5 Å². The van der Waals surface area contributed by atoms with Crippen LogP contribution in [0.3, 0.4) is 0 Å². The van der Waals surface area contributed by atoms with Gasteiger partial charge in [0, 0.05) is 30.6 Å². The van der Waals surface area contributed by atoms with Crippen molar-refractivity contribution in [2.75, 3.05) is 31.6 Å². The van der Waals surface area contributed by atoms with E-state index in [0.29, 0.717) is 13.1 Å². The van der Waals surface area contributed by atoms with Crippen molar-refractivity contribution in [1.29, 1.82) is 0 Å². The molecule has 4 aliphatic rings. The number of aliphatic hydroxyl groups excluding tert-OH is 1. The topological polar surface area (TPSA) is 81.2 Å². The number of benzene rings is 3. The number of likely N-dealkylation sites (tertiary alicyclic amines) is 1. The third-order valence-electron chi connectivity index (χ3n) is 9.43. The lowest BCUT2D eigenvalue weighted by Gasteiger charge is -2.40. The molecule has 0 radical (unpaired) electrons. The van der Waals surface area contributed by atoms with Crippen LogP contribution in [0.25, 0.3) is 10.8 Å². The Labute approximate surface area is 249 Å². The fourth-order valence-electron chi connectivity index (χ4n) is 7.52. The summed E-state index contributed by atoms with van der Waals surface area (Å²) in [6, 6.07) is 21.7. The average molecular weight is 580 g/mol. The second kappa shape index (κ2) is 9.85. The van der Waals surface area contributed by atoms with Crippen molar-refractivity contribution in [3.8, 4) is 0 Å². The maximum atomic E-state index is 14.9. The van der Waals surface area contributed by atoms with Crippen LogP contribution in [0, 0.1) is 11.8 Å². The molecule has 0 bridgehead atoms. The number of thioether (sulfide) groups is 1. The molecule has 1 unspecified atom stereocenters. The predicted octanol–water partition coefficient (Wildman–Crippen LogP) is 4.19. The van der Waals surface area contributed by atoms with Crippen LogP contribution < -0.4 is 4.90 Å². The number of aliphatic hydroxyl groups is 1. The number of hydrogen-bond donors (Lipinski definition) is 1. The van der Waals surface area contributed by atoms with E-state index in [1.54, 1.807) is 33.5 Å². The van der Waals surface area contributed by atoms with Crippen molar-refractivity contribution >= 4 is 45.9 Å². The monoisotopic (exact) mass is 579 g/mol. The highest BCUT2D eigenvalue weighted by Crippen LogP contribution is 2.66. The van der Waals surface area contributed by atoms with Gasteiger partial charge in [-0.2, -0.15) is 0 Å². The normalized spacial score (nSPS) is 31.2. The minimum absolute atomic E-state index is 0.0948. The fourth-order valence-corrected chi connectivity index (χ4v) is 9.67. The Morgan fingerprint density at radius 2 is 1.57 bits per heavy atom. The molecule has 2 saturated heterocycles. The first kappa shape index (κ1) is 27.0. The smallest absolute Gasteiger partial charge is 0.251 e. The van der Waals surface area contributed by atoms with Crippen molar-refractivity contribution in [1.82, 2.24) is 9.80 Å². The molecule has 7 rings (SSSR count). The first-order valence-corrected chi connectivity index (χ1v) is 15.2. The standard InChI is InChI=1S/C34H33N3O4S/c1-33-16-8-18-35(2)30(39)27(33)28-31(40)37(26(21-38)23-11-4-3-5-12-23)29-32(41)36(19-9-17-34(28,29)42-33)25-15-14-22-10-6-7-13-24(22)20-25/h3-17,20,26-29,38H,18-19,21H2,1-2H3/t26-,27-,28+,29?,33+,34+/m1/s1. The van der Waals surface area contributed by atoms with Gasteiger partial charge in [-0.1, -0.05) is 85.0 Å². The van der Waals surface area contributed by atoms with Crippen molar-refractivity contribution in [2.24, 2.45) is 11.8 Å². The third-order valence-corrected chi connectivity index (χ3v) is 11.2. The minimum Gasteiger partial charge on any atom is -0.394 e. The van der Waals surface area contributed by atoms with E-state index >= 15 is 0 Å². The molecular formula is C34H33N3O4S. The maximum absolute atomic E-state index is 14.9. The van der Waals surface area contributed by atoms with Crippen LogP contribution in [0.5, 0.6) is 0 Å². The Hall–Kier alpha value is -3.88. The molecule has 3 amide bonds. The third kappa shape index (κ3) is 3.81. The molecule has 1 N–H and O–H groups in total. The lowest BCUT2D eigenvalue weighted by atomic mass is 9.74. The summed E-state index contributed by atoms with van der Waals surface area (Å²) in [4.78, 5) is 48.6. The van der Waals surface area contributed by atoms with Gasteiger partial charge in [0.1, 0.15) is 6.04 Å². The molecule has 7 nitrogen and oxygen atoms in total. The first-order valence-electron chi connectivity index (χ1n) is 14.4. The van der Waals surface area contributed by atoms with Gasteiger partial charge in [0.2, 0.25) is 11.8 Å². The molecule has 3 aromatic carbocycles. The molecular weight excluding hydrogens is 546 g/mol. The molecule has 1 spiro atoms. The number of nitrogens with zero attached hydrogens (tertiary/aromatic N) is 3. The number of amides is 3. The number of carbonyl (C=O) groups is 3. The molecule has 0 aliphatic carbocycles. The molecule has 4 heterocycles.